The van der Waals surface area contributed by atoms with Crippen molar-refractivity contribution in [1.29, 1.82) is 0 Å². The van der Waals surface area contributed by atoms with Gasteiger partial charge in [0.2, 0.25) is 5.90 Å². The van der Waals surface area contributed by atoms with E-state index in [2.05, 4.69) is 4.99 Å². The van der Waals surface area contributed by atoms with E-state index < -0.39 is 17.7 Å². The van der Waals surface area contributed by atoms with E-state index in [4.69, 9.17) is 9.47 Å². The molecule has 3 aromatic rings. The van der Waals surface area contributed by atoms with E-state index in [-0.39, 0.29) is 17.2 Å². The Bertz CT molecular complexity index is 1120. The van der Waals surface area contributed by atoms with Crippen LogP contribution in [0.25, 0.3) is 6.08 Å². The van der Waals surface area contributed by atoms with Crippen molar-refractivity contribution in [3.8, 4) is 11.5 Å². The summed E-state index contributed by atoms with van der Waals surface area (Å²) in [6.45, 7) is 0. The zero-order valence-electron chi connectivity index (χ0n) is 15.4. The van der Waals surface area contributed by atoms with Crippen LogP contribution in [0.5, 0.6) is 11.5 Å². The van der Waals surface area contributed by atoms with Crippen LogP contribution in [0.4, 0.5) is 13.2 Å². The van der Waals surface area contributed by atoms with Gasteiger partial charge in [-0.1, -0.05) is 30.3 Å². The van der Waals surface area contributed by atoms with Gasteiger partial charge in [0.25, 0.3) is 0 Å². The van der Waals surface area contributed by atoms with Gasteiger partial charge in [-0.05, 0) is 60.2 Å². The summed E-state index contributed by atoms with van der Waals surface area (Å²) in [4.78, 5) is 16.2. The van der Waals surface area contributed by atoms with Crippen molar-refractivity contribution in [3.05, 3.63) is 101 Å². The molecule has 4 nitrogen and oxygen atoms in total. The van der Waals surface area contributed by atoms with Crippen LogP contribution in [0, 0.1) is 0 Å². The van der Waals surface area contributed by atoms with Gasteiger partial charge in [-0.15, -0.1) is 0 Å². The number of hydrogen-bond acceptors (Lipinski definition) is 4. The summed E-state index contributed by atoms with van der Waals surface area (Å²) in [6.07, 6.45) is -2.90. The summed E-state index contributed by atoms with van der Waals surface area (Å²) in [5.74, 6) is 0.624. The lowest BCUT2D eigenvalue weighted by molar-refractivity contribution is -0.137. The Morgan fingerprint density at radius 3 is 2.10 bits per heavy atom. The normalized spacial score (nSPS) is 15.1. The number of rotatable bonds is 4. The largest absolute Gasteiger partial charge is 0.457 e. The minimum absolute atomic E-state index is 0.0380. The van der Waals surface area contributed by atoms with Crippen molar-refractivity contribution in [2.45, 2.75) is 6.18 Å². The molecule has 150 valence electrons. The highest BCUT2D eigenvalue weighted by atomic mass is 19.4. The number of aliphatic imine (C=N–C) groups is 1. The van der Waals surface area contributed by atoms with Crippen molar-refractivity contribution in [3.63, 3.8) is 0 Å². The van der Waals surface area contributed by atoms with Crippen LogP contribution in [0.15, 0.2) is 89.6 Å². The highest BCUT2D eigenvalue weighted by Crippen LogP contribution is 2.30. The molecule has 0 aliphatic carbocycles. The van der Waals surface area contributed by atoms with Crippen LogP contribution in [-0.2, 0) is 15.7 Å². The molecule has 1 aliphatic rings. The molecular formula is C23H14F3NO3. The zero-order chi connectivity index (χ0) is 21.1. The Hall–Kier alpha value is -3.87. The standard InChI is InChI=1S/C23H14F3NO3/c24-23(25,26)17-10-8-16(9-11-17)21-27-20(22(28)30-21)14-15-6-12-19(13-7-15)29-18-4-2-1-3-5-18/h1-14H. The molecular weight excluding hydrogens is 395 g/mol. The van der Waals surface area contributed by atoms with Crippen LogP contribution >= 0.6 is 0 Å². The number of ether oxygens (including phenoxy) is 2. The summed E-state index contributed by atoms with van der Waals surface area (Å²) in [6, 6.07) is 20.6. The van der Waals surface area contributed by atoms with Crippen LogP contribution in [0.1, 0.15) is 16.7 Å². The molecule has 0 spiro atoms. The lowest BCUT2D eigenvalue weighted by atomic mass is 10.1. The van der Waals surface area contributed by atoms with Gasteiger partial charge in [0, 0.05) is 5.56 Å². The minimum Gasteiger partial charge on any atom is -0.457 e. The number of halogens is 3. The number of para-hydroxylation sites is 1. The van der Waals surface area contributed by atoms with Crippen LogP contribution in [-0.4, -0.2) is 11.9 Å². The molecule has 7 heteroatoms. The highest BCUT2D eigenvalue weighted by molar-refractivity contribution is 6.12. The molecule has 0 amide bonds. The lowest BCUT2D eigenvalue weighted by Crippen LogP contribution is -2.08. The summed E-state index contributed by atoms with van der Waals surface area (Å²) < 4.78 is 48.9. The van der Waals surface area contributed by atoms with Crippen molar-refractivity contribution in [2.24, 2.45) is 4.99 Å². The fourth-order valence-corrected chi connectivity index (χ4v) is 2.75. The predicted octanol–water partition coefficient (Wildman–Crippen LogP) is 5.84. The zero-order valence-corrected chi connectivity index (χ0v) is 15.4. The average Bonchev–Trinajstić information content (AvgIpc) is 3.10. The highest BCUT2D eigenvalue weighted by Gasteiger charge is 2.31. The molecule has 0 fully saturated rings. The topological polar surface area (TPSA) is 47.9 Å². The summed E-state index contributed by atoms with van der Waals surface area (Å²) in [7, 11) is 0. The van der Waals surface area contributed by atoms with Gasteiger partial charge in [-0.25, -0.2) is 9.79 Å². The minimum atomic E-state index is -4.44. The van der Waals surface area contributed by atoms with Gasteiger partial charge >= 0.3 is 12.1 Å². The molecule has 0 radical (unpaired) electrons. The maximum atomic E-state index is 12.7. The second-order valence-electron chi connectivity index (χ2n) is 6.40. The Kier molecular flexibility index (Phi) is 5.10. The smallest absolute Gasteiger partial charge is 0.416 e. The molecule has 0 N–H and O–H groups in total. The third-order valence-electron chi connectivity index (χ3n) is 4.24. The van der Waals surface area contributed by atoms with Crippen LogP contribution in [0.2, 0.25) is 0 Å². The second kappa shape index (κ2) is 7.87. The average molecular weight is 409 g/mol. The van der Waals surface area contributed by atoms with Crippen molar-refractivity contribution in [2.75, 3.05) is 0 Å². The summed E-state index contributed by atoms with van der Waals surface area (Å²) >= 11 is 0. The fraction of sp³-hybridized carbons (Fsp3) is 0.0435. The molecule has 0 aromatic heterocycles. The van der Waals surface area contributed by atoms with Crippen molar-refractivity contribution < 1.29 is 27.4 Å². The number of nitrogens with zero attached hydrogens (tertiary/aromatic N) is 1. The van der Waals surface area contributed by atoms with E-state index in [0.29, 0.717) is 17.1 Å². The molecule has 0 saturated heterocycles. The molecule has 3 aromatic carbocycles. The van der Waals surface area contributed by atoms with Gasteiger partial charge in [-0.2, -0.15) is 13.2 Å². The van der Waals surface area contributed by atoms with Gasteiger partial charge in [0.1, 0.15) is 11.5 Å². The fourth-order valence-electron chi connectivity index (χ4n) is 2.75. The maximum Gasteiger partial charge on any atom is 0.416 e. The lowest BCUT2D eigenvalue weighted by Gasteiger charge is -2.06. The molecule has 0 bridgehead atoms. The van der Waals surface area contributed by atoms with E-state index in [1.165, 1.54) is 18.2 Å². The number of cyclic esters (lactones) is 1. The quantitative estimate of drug-likeness (QED) is 0.402. The third kappa shape index (κ3) is 4.41. The van der Waals surface area contributed by atoms with E-state index >= 15 is 0 Å². The van der Waals surface area contributed by atoms with Gasteiger partial charge < -0.3 is 9.47 Å². The van der Waals surface area contributed by atoms with Crippen molar-refractivity contribution in [1.82, 2.24) is 0 Å². The number of esters is 1. The molecule has 0 atom stereocenters. The first kappa shape index (κ1) is 19.4. The third-order valence-corrected chi connectivity index (χ3v) is 4.24. The van der Waals surface area contributed by atoms with Crippen molar-refractivity contribution >= 4 is 17.9 Å². The second-order valence-corrected chi connectivity index (χ2v) is 6.40. The van der Waals surface area contributed by atoms with Crippen LogP contribution in [0.3, 0.4) is 0 Å². The molecule has 4 rings (SSSR count). The van der Waals surface area contributed by atoms with E-state index in [0.717, 1.165) is 12.1 Å². The first-order valence-electron chi connectivity index (χ1n) is 8.92. The van der Waals surface area contributed by atoms with Gasteiger partial charge in [0.05, 0.1) is 5.56 Å². The number of hydrogen-bond donors (Lipinski definition) is 0. The first-order valence-corrected chi connectivity index (χ1v) is 8.92. The van der Waals surface area contributed by atoms with E-state index in [1.807, 2.05) is 30.3 Å². The van der Waals surface area contributed by atoms with Gasteiger partial charge in [0.15, 0.2) is 5.70 Å². The Balaban J connectivity index is 1.51. The predicted molar refractivity (Wildman–Crippen MR) is 105 cm³/mol. The molecule has 1 aliphatic heterocycles. The molecule has 30 heavy (non-hydrogen) atoms. The van der Waals surface area contributed by atoms with Gasteiger partial charge in [-0.3, -0.25) is 0 Å². The van der Waals surface area contributed by atoms with E-state index in [9.17, 15) is 18.0 Å². The Morgan fingerprint density at radius 1 is 0.833 bits per heavy atom. The van der Waals surface area contributed by atoms with Crippen LogP contribution < -0.4 is 4.74 Å². The molecule has 0 saturated carbocycles. The summed E-state index contributed by atoms with van der Waals surface area (Å²) in [5.41, 5.74) is 0.248. The number of alkyl halides is 3. The Morgan fingerprint density at radius 2 is 1.47 bits per heavy atom. The monoisotopic (exact) mass is 409 g/mol. The molecule has 0 unspecified atom stereocenters. The Labute approximate surface area is 169 Å². The number of carbonyl (C=O) groups excluding carboxylic acids is 1. The number of carbonyl (C=O) groups is 1. The first-order chi connectivity index (χ1) is 14.4. The maximum absolute atomic E-state index is 12.7. The SMILES string of the molecule is O=C1OC(c2ccc(C(F)(F)F)cc2)=NC1=Cc1ccc(Oc2ccccc2)cc1. The number of benzene rings is 3. The molecule has 1 heterocycles. The van der Waals surface area contributed by atoms with E-state index in [1.54, 1.807) is 24.3 Å². The summed E-state index contributed by atoms with van der Waals surface area (Å²) in [5, 5.41) is 0.